The Hall–Kier alpha value is -9.24. The molecule has 0 aliphatic carbocycles. The van der Waals surface area contributed by atoms with Crippen molar-refractivity contribution in [3.8, 4) is 0 Å². The predicted molar refractivity (Wildman–Crippen MR) is 362 cm³/mol. The van der Waals surface area contributed by atoms with E-state index in [-0.39, 0.29) is 87.1 Å². The fourth-order valence-electron chi connectivity index (χ4n) is 6.81. The van der Waals surface area contributed by atoms with Crippen molar-refractivity contribution in [1.82, 2.24) is 31.9 Å². The second kappa shape index (κ2) is 73.1. The van der Waals surface area contributed by atoms with Gasteiger partial charge >= 0.3 is 77.6 Å². The van der Waals surface area contributed by atoms with Gasteiger partial charge in [-0.3, -0.25) is 57.5 Å². The van der Waals surface area contributed by atoms with Crippen LogP contribution in [0.3, 0.4) is 0 Å². The average molecular weight is 1570 g/mol. The number of carbonyl (C=O) groups is 19. The molecule has 0 saturated heterocycles. The molecule has 105 heavy (non-hydrogen) atoms. The molecular weight excluding hydrogens is 1480 g/mol. The van der Waals surface area contributed by atoms with Gasteiger partial charge in [-0.2, -0.15) is 0 Å². The summed E-state index contributed by atoms with van der Waals surface area (Å²) in [5, 5.41) is 32.2. The molecule has 0 aliphatic heterocycles. The van der Waals surface area contributed by atoms with Crippen LogP contribution >= 0.6 is 34.8 Å². The Morgan fingerprint density at radius 2 is 0.419 bits per heavy atom. The smallest absolute Gasteiger partial charge is 0.344 e. The summed E-state index contributed by atoms with van der Waals surface area (Å²) in [5.41, 5.74) is 0. The van der Waals surface area contributed by atoms with E-state index < -0.39 is 148 Å². The zero-order valence-corrected chi connectivity index (χ0v) is 61.4. The number of nitrogens with one attached hydrogen (secondary N) is 6. The van der Waals surface area contributed by atoms with Crippen LogP contribution < -0.4 is 31.9 Å². The highest BCUT2D eigenvalue weighted by atomic mass is 35.5. The molecule has 0 rings (SSSR count). The van der Waals surface area contributed by atoms with Crippen LogP contribution in [0.4, 0.5) is 0 Å². The maximum Gasteiger partial charge on any atom is 0.344 e. The zero-order valence-electron chi connectivity index (χ0n) is 59.2. The van der Waals surface area contributed by atoms with Crippen molar-refractivity contribution in [3.05, 3.63) is 0 Å². The van der Waals surface area contributed by atoms with Gasteiger partial charge in [0, 0.05) is 84.9 Å². The number of unbranched alkanes of at least 4 members (excludes halogenated alkanes) is 10. The van der Waals surface area contributed by atoms with E-state index >= 15 is 0 Å². The maximum atomic E-state index is 11.7. The first-order chi connectivity index (χ1) is 50.1. The number of methoxy groups -OCH3 is 3. The van der Waals surface area contributed by atoms with E-state index in [1.54, 1.807) is 0 Å². The van der Waals surface area contributed by atoms with Gasteiger partial charge < -0.3 is 99.0 Å². The monoisotopic (exact) mass is 1570 g/mol. The standard InChI is InChI=1S/C23H36N2O13.C20H31ClN2O10.C10H18Cl2N2O2.C10H14O8/c1-33-14-22(31)35-12-17(26)24-10-6-3-7-11-25-18(27)13-36-23(32)16-38-20(29)9-5-4-8-19(28)37-15-21(30)34-2;1-30-19(28)13-32-17(26)7-3-4-8-18(27)33-14-20(29)31-12-16(25)23-10-6-2-5-9-22-15(24)11-21;11-7-9(15)13-5-3-1-2-4-6-14-10(16)8-12;11-7(12)5-17-9(15)3-1-2-4-10(16)18-6-8(13)14/h3-16H2,1-2H3,(H,24,26)(H,25,27);2-14H2,1H3,(H,22,24)(H,23,25);1-8H2,(H,13,15)(H,14,16);1-6H2,(H,11,12)(H,13,14). The van der Waals surface area contributed by atoms with Crippen molar-refractivity contribution in [2.24, 2.45) is 0 Å². The summed E-state index contributed by atoms with van der Waals surface area (Å²) in [6.07, 6.45) is 10.0. The van der Waals surface area contributed by atoms with E-state index in [0.29, 0.717) is 103 Å². The summed E-state index contributed by atoms with van der Waals surface area (Å²) in [7, 11) is 3.68. The van der Waals surface area contributed by atoms with Gasteiger partial charge in [0.15, 0.2) is 59.5 Å². The third kappa shape index (κ3) is 80.3. The van der Waals surface area contributed by atoms with Gasteiger partial charge in [-0.1, -0.05) is 12.8 Å². The Morgan fingerprint density at radius 1 is 0.229 bits per heavy atom. The minimum absolute atomic E-state index is 0.000505. The van der Waals surface area contributed by atoms with Crippen LogP contribution in [-0.2, 0) is 148 Å². The predicted octanol–water partition coefficient (Wildman–Crippen LogP) is -0.00820. The maximum absolute atomic E-state index is 11.7. The third-order valence-electron chi connectivity index (χ3n) is 12.1. The van der Waals surface area contributed by atoms with Crippen molar-refractivity contribution in [3.63, 3.8) is 0 Å². The van der Waals surface area contributed by atoms with Gasteiger partial charge in [0.25, 0.3) is 17.7 Å². The fourth-order valence-corrected chi connectivity index (χ4v) is 7.09. The Balaban J connectivity index is -0.000000687. The van der Waals surface area contributed by atoms with Crippen molar-refractivity contribution >= 4 is 148 Å². The largest absolute Gasteiger partial charge is 0.479 e. The number of aliphatic carboxylic acids is 2. The summed E-state index contributed by atoms with van der Waals surface area (Å²) in [5.74, 6) is -12.0. The number of rotatable bonds is 57. The van der Waals surface area contributed by atoms with Gasteiger partial charge in [-0.15, -0.1) is 34.8 Å². The van der Waals surface area contributed by atoms with Gasteiger partial charge in [0.1, 0.15) is 24.2 Å². The molecule has 0 aromatic rings. The second-order valence-electron chi connectivity index (χ2n) is 21.0. The van der Waals surface area contributed by atoms with Crippen molar-refractivity contribution < 1.29 is 158 Å². The van der Waals surface area contributed by atoms with E-state index in [9.17, 15) is 91.1 Å². The second-order valence-corrected chi connectivity index (χ2v) is 21.8. The quantitative estimate of drug-likeness (QED) is 0.0172. The Morgan fingerprint density at radius 3 is 0.629 bits per heavy atom. The molecule has 0 saturated carbocycles. The first-order valence-corrected chi connectivity index (χ1v) is 34.4. The van der Waals surface area contributed by atoms with E-state index in [0.717, 1.165) is 38.5 Å². The number of carbonyl (C=O) groups excluding carboxylic acids is 17. The molecular formula is C63H99Cl3N6O33. The lowest BCUT2D eigenvalue weighted by molar-refractivity contribution is -0.160. The number of esters is 11. The first-order valence-electron chi connectivity index (χ1n) is 32.8. The molecule has 0 heterocycles. The lowest BCUT2D eigenvalue weighted by Gasteiger charge is -2.08. The summed E-state index contributed by atoms with van der Waals surface area (Å²) >= 11 is 16.0. The van der Waals surface area contributed by atoms with Crippen LogP contribution in [0.25, 0.3) is 0 Å². The zero-order chi connectivity index (χ0) is 79.7. The minimum Gasteiger partial charge on any atom is -0.479 e. The number of ether oxygens (including phenoxy) is 12. The lowest BCUT2D eigenvalue weighted by Crippen LogP contribution is -2.31. The SMILES string of the molecule is COC(=O)COC(=O)CCCCC(=O)OCC(=O)OCC(=O)NCCCCCNC(=O)CCl.COCC(=O)OCC(=O)NCCCCCNC(=O)COC(=O)COC(=O)CCCCC(=O)OCC(=O)OC.O=C(CCl)NCCCCCCNC(=O)CCl.O=C(O)COC(=O)CCCCC(=O)OCC(=O)O. The Labute approximate surface area is 621 Å². The summed E-state index contributed by atoms with van der Waals surface area (Å²) in [6.45, 7) is -2.23. The summed E-state index contributed by atoms with van der Waals surface area (Å²) < 4.78 is 54.8. The van der Waals surface area contributed by atoms with E-state index in [2.05, 4.69) is 69.8 Å². The van der Waals surface area contributed by atoms with Gasteiger partial charge in [0.2, 0.25) is 17.7 Å². The average Bonchev–Trinajstić information content (AvgIpc) is 1.40. The van der Waals surface area contributed by atoms with Crippen LogP contribution in [0.1, 0.15) is 141 Å². The van der Waals surface area contributed by atoms with Gasteiger partial charge in [0.05, 0.1) is 14.2 Å². The van der Waals surface area contributed by atoms with Crippen molar-refractivity contribution in [2.75, 3.05) is 144 Å². The molecule has 0 spiro atoms. The van der Waals surface area contributed by atoms with Gasteiger partial charge in [-0.05, 0) is 89.9 Å². The Kier molecular flexibility index (Phi) is 71.1. The topological polar surface area (TPSA) is 548 Å². The van der Waals surface area contributed by atoms with Crippen LogP contribution in [0.15, 0.2) is 0 Å². The van der Waals surface area contributed by atoms with E-state index in [4.69, 9.17) is 64.0 Å². The fraction of sp³-hybridized carbons (Fsp3) is 0.698. The van der Waals surface area contributed by atoms with E-state index in [1.807, 2.05) is 0 Å². The molecule has 0 atom stereocenters. The number of carboxylic acids is 2. The summed E-state index contributed by atoms with van der Waals surface area (Å²) in [6, 6.07) is 0. The number of carboxylic acid groups (broad SMARTS) is 2. The van der Waals surface area contributed by atoms with Gasteiger partial charge in [-0.25, -0.2) is 33.6 Å². The molecule has 0 unspecified atom stereocenters. The van der Waals surface area contributed by atoms with Crippen LogP contribution in [0, 0.1) is 0 Å². The molecule has 8 N–H and O–H groups in total. The molecule has 0 bridgehead atoms. The van der Waals surface area contributed by atoms with Crippen LogP contribution in [0.5, 0.6) is 0 Å². The van der Waals surface area contributed by atoms with Crippen LogP contribution in [-0.4, -0.2) is 268 Å². The molecule has 0 fully saturated rings. The molecule has 6 amide bonds. The first kappa shape index (κ1) is 102. The normalized spacial score (nSPS) is 9.92. The number of amides is 6. The highest BCUT2D eigenvalue weighted by Crippen LogP contribution is 2.07. The number of halogens is 3. The highest BCUT2D eigenvalue weighted by molar-refractivity contribution is 6.27. The highest BCUT2D eigenvalue weighted by Gasteiger charge is 2.16. The third-order valence-corrected chi connectivity index (χ3v) is 12.8. The Bertz CT molecular complexity index is 2580. The number of alkyl halides is 3. The van der Waals surface area contributed by atoms with Crippen LogP contribution in [0.2, 0.25) is 0 Å². The molecule has 0 aliphatic rings. The number of hydrogen-bond donors (Lipinski definition) is 8. The molecule has 39 nitrogen and oxygen atoms in total. The molecule has 0 radical (unpaired) electrons. The van der Waals surface area contributed by atoms with Crippen molar-refractivity contribution in [1.29, 1.82) is 0 Å². The lowest BCUT2D eigenvalue weighted by atomic mass is 10.2. The molecule has 42 heteroatoms. The molecule has 0 aromatic heterocycles. The minimum atomic E-state index is -1.24. The van der Waals surface area contributed by atoms with E-state index in [1.165, 1.54) is 21.3 Å². The molecule has 0 aromatic carbocycles. The summed E-state index contributed by atoms with van der Waals surface area (Å²) in [4.78, 5) is 211. The van der Waals surface area contributed by atoms with Crippen molar-refractivity contribution in [2.45, 2.75) is 141 Å². The molecule has 600 valence electrons. The number of hydrogen-bond acceptors (Lipinski definition) is 31.